The van der Waals surface area contributed by atoms with Gasteiger partial charge >= 0.3 is 0 Å². The van der Waals surface area contributed by atoms with Crippen molar-refractivity contribution in [1.82, 2.24) is 29.9 Å². The van der Waals surface area contributed by atoms with Crippen LogP contribution in [0.1, 0.15) is 81.7 Å². The van der Waals surface area contributed by atoms with Gasteiger partial charge < -0.3 is 10.2 Å². The van der Waals surface area contributed by atoms with Crippen LogP contribution in [-0.4, -0.2) is 51.6 Å². The summed E-state index contributed by atoms with van der Waals surface area (Å²) in [5.74, 6) is 0.440. The van der Waals surface area contributed by atoms with E-state index in [2.05, 4.69) is 64.7 Å². The fraction of sp³-hybridized carbons (Fsp3) is 0.406. The molecular formula is C32H38N8O3S. The minimum absolute atomic E-state index is 0.220. The van der Waals surface area contributed by atoms with Crippen molar-refractivity contribution >= 4 is 27.6 Å². The summed E-state index contributed by atoms with van der Waals surface area (Å²) in [6.07, 6.45) is 7.85. The van der Waals surface area contributed by atoms with Gasteiger partial charge in [0.2, 0.25) is 0 Å². The highest BCUT2D eigenvalue weighted by Gasteiger charge is 2.41. The average Bonchev–Trinajstić information content (AvgIpc) is 3.62. The Morgan fingerprint density at radius 2 is 1.84 bits per heavy atom. The quantitative estimate of drug-likeness (QED) is 0.276. The van der Waals surface area contributed by atoms with Crippen molar-refractivity contribution in [3.63, 3.8) is 0 Å². The molecule has 1 amide bonds. The summed E-state index contributed by atoms with van der Waals surface area (Å²) < 4.78 is 29.2. The number of aromatic amines is 1. The number of hydrogen-bond donors (Lipinski definition) is 3. The molecule has 6 rings (SSSR count). The first-order valence-corrected chi connectivity index (χ1v) is 16.3. The van der Waals surface area contributed by atoms with Crippen molar-refractivity contribution in [3.8, 4) is 11.1 Å². The first-order valence-electron chi connectivity index (χ1n) is 14.9. The second kappa shape index (κ2) is 11.0. The number of carbonyl (C=O) groups excluding carboxylic acids is 1. The van der Waals surface area contributed by atoms with Gasteiger partial charge in [0, 0.05) is 41.1 Å². The molecule has 4 bridgehead atoms. The molecule has 0 radical (unpaired) electrons. The maximum Gasteiger partial charge on any atom is 0.281 e. The van der Waals surface area contributed by atoms with E-state index in [0.717, 1.165) is 41.8 Å². The Balaban J connectivity index is 1.44. The van der Waals surface area contributed by atoms with Crippen molar-refractivity contribution in [2.24, 2.45) is 5.92 Å². The van der Waals surface area contributed by atoms with Crippen LogP contribution >= 0.6 is 0 Å². The predicted molar refractivity (Wildman–Crippen MR) is 169 cm³/mol. The van der Waals surface area contributed by atoms with Crippen LogP contribution in [-0.2, 0) is 15.4 Å². The number of anilines is 2. The van der Waals surface area contributed by atoms with Crippen molar-refractivity contribution in [2.45, 2.75) is 75.9 Å². The van der Waals surface area contributed by atoms with Gasteiger partial charge in [0.05, 0.1) is 23.5 Å². The van der Waals surface area contributed by atoms with E-state index in [-0.39, 0.29) is 27.6 Å². The van der Waals surface area contributed by atoms with Crippen LogP contribution in [0.4, 0.5) is 11.6 Å². The molecule has 1 saturated heterocycles. The van der Waals surface area contributed by atoms with E-state index < -0.39 is 15.9 Å². The molecule has 0 spiro atoms. The third-order valence-electron chi connectivity index (χ3n) is 8.48. The smallest absolute Gasteiger partial charge is 0.281 e. The van der Waals surface area contributed by atoms with Crippen molar-refractivity contribution < 1.29 is 13.2 Å². The highest BCUT2D eigenvalue weighted by atomic mass is 32.2. The number of fused-ring (bicyclic) bond motifs is 6. The minimum Gasteiger partial charge on any atom is -0.362 e. The largest absolute Gasteiger partial charge is 0.362 e. The highest BCUT2D eigenvalue weighted by Crippen LogP contribution is 2.41. The van der Waals surface area contributed by atoms with Gasteiger partial charge in [0.15, 0.2) is 5.03 Å². The van der Waals surface area contributed by atoms with Crippen molar-refractivity contribution in [1.29, 1.82) is 0 Å². The fourth-order valence-electron chi connectivity index (χ4n) is 6.18. The van der Waals surface area contributed by atoms with Gasteiger partial charge in [-0.2, -0.15) is 13.5 Å². The van der Waals surface area contributed by atoms with Crippen molar-refractivity contribution in [3.05, 3.63) is 78.0 Å². The average molecular weight is 615 g/mol. The van der Waals surface area contributed by atoms with Crippen LogP contribution in [0, 0.1) is 5.92 Å². The standard InChI is InChI=1S/C32H38N8O3S/c1-31(2,3)26-12-10-23-29(37-26)40-19-20(16-32(40,4)5)9-11-24(25-15-21(13-14-33-25)22-17-34-35-18-22)36-27-7-6-8-28(38-27)44(42,43)39-30(23)41/h6-8,10,12-15,17-18,20,24H,9,11,16,19H2,1-5H3,(H,34,35)(H,36,38)(H,39,41)/t20-,24-/m0/s1. The molecule has 2 aliphatic heterocycles. The minimum atomic E-state index is -4.29. The van der Waals surface area contributed by atoms with Gasteiger partial charge in [-0.1, -0.05) is 26.8 Å². The number of H-pyrrole nitrogens is 1. The Bertz CT molecular complexity index is 1800. The SMILES string of the molecule is CC(C)(C)c1ccc2c(n1)N1C[C@@H](CC[C@@H](c3cc(-c4cn[nH]c4)ccn3)Nc3cccc(n3)S(=O)(=O)NC2=O)CC1(C)C. The molecule has 0 aliphatic carbocycles. The number of nitrogens with zero attached hydrogens (tertiary/aromatic N) is 5. The second-order valence-corrected chi connectivity index (χ2v) is 15.0. The number of sulfonamides is 1. The van der Waals surface area contributed by atoms with E-state index >= 15 is 0 Å². The summed E-state index contributed by atoms with van der Waals surface area (Å²) in [6, 6.07) is 11.9. The summed E-state index contributed by atoms with van der Waals surface area (Å²) >= 11 is 0. The molecule has 0 unspecified atom stereocenters. The summed E-state index contributed by atoms with van der Waals surface area (Å²) in [5.41, 5.74) is 3.20. The van der Waals surface area contributed by atoms with Crippen LogP contribution in [0.15, 0.2) is 66.1 Å². The molecular weight excluding hydrogens is 576 g/mol. The zero-order valence-corrected chi connectivity index (χ0v) is 26.4. The Hall–Kier alpha value is -4.32. The van der Waals surface area contributed by atoms with Crippen LogP contribution in [0.2, 0.25) is 0 Å². The zero-order chi connectivity index (χ0) is 31.3. The summed E-state index contributed by atoms with van der Waals surface area (Å²) in [5, 5.41) is 10.1. The fourth-order valence-corrected chi connectivity index (χ4v) is 7.11. The van der Waals surface area contributed by atoms with E-state index in [9.17, 15) is 13.2 Å². The van der Waals surface area contributed by atoms with Gasteiger partial charge in [0.1, 0.15) is 11.6 Å². The topological polar surface area (TPSA) is 146 Å². The molecule has 2 atom stereocenters. The van der Waals surface area contributed by atoms with Gasteiger partial charge in [-0.3, -0.25) is 14.9 Å². The maximum absolute atomic E-state index is 13.7. The van der Waals surface area contributed by atoms with Crippen LogP contribution < -0.4 is 14.9 Å². The van der Waals surface area contributed by atoms with Crippen molar-refractivity contribution in [2.75, 3.05) is 16.8 Å². The summed E-state index contributed by atoms with van der Waals surface area (Å²) in [4.78, 5) is 29.9. The summed E-state index contributed by atoms with van der Waals surface area (Å²) in [7, 11) is -4.29. The Labute approximate surface area is 258 Å². The molecule has 11 nitrogen and oxygen atoms in total. The lowest BCUT2D eigenvalue weighted by atomic mass is 9.90. The molecule has 0 aromatic carbocycles. The molecule has 4 aromatic heterocycles. The lowest BCUT2D eigenvalue weighted by Crippen LogP contribution is -2.41. The van der Waals surface area contributed by atoms with E-state index in [4.69, 9.17) is 9.97 Å². The predicted octanol–water partition coefficient (Wildman–Crippen LogP) is 5.23. The number of amides is 1. The number of pyridine rings is 3. The number of carbonyl (C=O) groups is 1. The third kappa shape index (κ3) is 5.90. The second-order valence-electron chi connectivity index (χ2n) is 13.3. The van der Waals surface area contributed by atoms with Crippen LogP contribution in [0.25, 0.3) is 11.1 Å². The lowest BCUT2D eigenvalue weighted by molar-refractivity contribution is 0.0981. The third-order valence-corrected chi connectivity index (χ3v) is 9.72. The molecule has 3 N–H and O–H groups in total. The maximum atomic E-state index is 13.7. The summed E-state index contributed by atoms with van der Waals surface area (Å²) in [6.45, 7) is 11.2. The molecule has 44 heavy (non-hydrogen) atoms. The van der Waals surface area contributed by atoms with Gasteiger partial charge in [-0.15, -0.1) is 0 Å². The molecule has 0 saturated carbocycles. The monoisotopic (exact) mass is 614 g/mol. The van der Waals surface area contributed by atoms with E-state index in [1.165, 1.54) is 6.07 Å². The number of nitrogens with one attached hydrogen (secondary N) is 3. The lowest BCUT2D eigenvalue weighted by Gasteiger charge is -2.34. The molecule has 230 valence electrons. The van der Waals surface area contributed by atoms with Gasteiger partial charge in [-0.05, 0) is 81.0 Å². The Morgan fingerprint density at radius 3 is 2.59 bits per heavy atom. The van der Waals surface area contributed by atoms with Gasteiger partial charge in [-0.25, -0.2) is 14.7 Å². The molecule has 4 aromatic rings. The van der Waals surface area contributed by atoms with Crippen LogP contribution in [0.5, 0.6) is 0 Å². The number of rotatable bonds is 2. The van der Waals surface area contributed by atoms with E-state index in [1.807, 2.05) is 18.3 Å². The molecule has 12 heteroatoms. The molecule has 2 aliphatic rings. The number of aromatic nitrogens is 5. The van der Waals surface area contributed by atoms with E-state index in [1.54, 1.807) is 36.7 Å². The molecule has 1 fully saturated rings. The zero-order valence-electron chi connectivity index (χ0n) is 25.6. The normalized spacial score (nSPS) is 21.4. The highest BCUT2D eigenvalue weighted by molar-refractivity contribution is 7.90. The Kier molecular flexibility index (Phi) is 7.43. The van der Waals surface area contributed by atoms with Gasteiger partial charge in [0.25, 0.3) is 15.9 Å². The van der Waals surface area contributed by atoms with E-state index in [0.29, 0.717) is 24.1 Å². The first kappa shape index (κ1) is 29.7. The first-order chi connectivity index (χ1) is 20.8. The van der Waals surface area contributed by atoms with Crippen LogP contribution in [0.3, 0.4) is 0 Å². The molecule has 6 heterocycles. The Morgan fingerprint density at radius 1 is 1.02 bits per heavy atom. The number of hydrogen-bond acceptors (Lipinski definition) is 9.